The Kier molecular flexibility index (Phi) is 7.35. The molecule has 7 rings (SSSR count). The number of piperidine rings is 2. The van der Waals surface area contributed by atoms with Crippen LogP contribution in [-0.4, -0.2) is 70.1 Å². The maximum absolute atomic E-state index is 13.5. The van der Waals surface area contributed by atoms with Gasteiger partial charge in [-0.1, -0.05) is 11.6 Å². The van der Waals surface area contributed by atoms with Gasteiger partial charge in [0.05, 0.1) is 29.7 Å². The third-order valence-corrected chi connectivity index (χ3v) is 9.43. The van der Waals surface area contributed by atoms with Gasteiger partial charge < -0.3 is 20.0 Å². The fraction of sp³-hybridized carbons (Fsp3) is 0.344. The number of benzene rings is 2. The van der Waals surface area contributed by atoms with Crippen LogP contribution in [0.3, 0.4) is 0 Å². The Morgan fingerprint density at radius 1 is 1.04 bits per heavy atom. The minimum Gasteiger partial charge on any atom is -0.340 e. The third-order valence-electron chi connectivity index (χ3n) is 9.16. The maximum atomic E-state index is 13.5. The molecule has 4 amide bonds. The number of imide groups is 1. The van der Waals surface area contributed by atoms with Gasteiger partial charge in [0.25, 0.3) is 0 Å². The summed E-state index contributed by atoms with van der Waals surface area (Å²) < 4.78 is 1.72. The lowest BCUT2D eigenvalue weighted by Crippen LogP contribution is -2.47. The van der Waals surface area contributed by atoms with Gasteiger partial charge in [-0.2, -0.15) is 10.1 Å². The van der Waals surface area contributed by atoms with Gasteiger partial charge >= 0.3 is 0 Å². The van der Waals surface area contributed by atoms with Crippen molar-refractivity contribution in [3.63, 3.8) is 0 Å². The molecule has 5 heterocycles. The lowest BCUT2D eigenvalue weighted by Gasteiger charge is -2.36. The van der Waals surface area contributed by atoms with E-state index in [0.717, 1.165) is 33.5 Å². The van der Waals surface area contributed by atoms with E-state index >= 15 is 0 Å². The largest absolute Gasteiger partial charge is 0.340 e. The summed E-state index contributed by atoms with van der Waals surface area (Å²) in [5.41, 5.74) is 4.78. The van der Waals surface area contributed by atoms with Crippen molar-refractivity contribution < 1.29 is 19.2 Å². The first kappa shape index (κ1) is 29.7. The van der Waals surface area contributed by atoms with Crippen LogP contribution in [-0.2, 0) is 32.6 Å². The van der Waals surface area contributed by atoms with Crippen molar-refractivity contribution in [3.05, 3.63) is 58.9 Å². The van der Waals surface area contributed by atoms with Gasteiger partial charge in [-0.05, 0) is 54.8 Å². The topological polar surface area (TPSA) is 146 Å². The molecule has 3 aliphatic rings. The number of halogens is 1. The Balaban J connectivity index is 1.05. The Morgan fingerprint density at radius 2 is 1.87 bits per heavy atom. The molecule has 0 spiro atoms. The number of nitrogens with zero attached hydrogens (tertiary/aromatic N) is 7. The van der Waals surface area contributed by atoms with Crippen LogP contribution < -0.4 is 25.3 Å². The van der Waals surface area contributed by atoms with Crippen LogP contribution in [0.25, 0.3) is 10.9 Å². The van der Waals surface area contributed by atoms with Gasteiger partial charge in [-0.15, -0.1) is 0 Å². The zero-order valence-electron chi connectivity index (χ0n) is 25.6. The molecule has 3 aliphatic heterocycles. The number of fused-ring (bicyclic) bond motifs is 2. The number of hydrogen-bond donors (Lipinski definition) is 2. The van der Waals surface area contributed by atoms with Crippen molar-refractivity contribution in [2.45, 2.75) is 44.1 Å². The average molecular weight is 642 g/mol. The van der Waals surface area contributed by atoms with Crippen LogP contribution >= 0.6 is 11.6 Å². The first-order chi connectivity index (χ1) is 22.1. The molecule has 2 aromatic carbocycles. The van der Waals surface area contributed by atoms with E-state index in [1.165, 1.54) is 6.20 Å². The summed E-state index contributed by atoms with van der Waals surface area (Å²) in [5, 5.41) is 11.5. The number of carbonyl (C=O) groups is 4. The third kappa shape index (κ3) is 5.19. The number of rotatable bonds is 6. The van der Waals surface area contributed by atoms with Crippen LogP contribution in [0.1, 0.15) is 42.9 Å². The second-order valence-corrected chi connectivity index (χ2v) is 12.4. The van der Waals surface area contributed by atoms with Gasteiger partial charge in [0.1, 0.15) is 5.02 Å². The molecule has 2 saturated heterocycles. The van der Waals surface area contributed by atoms with Crippen molar-refractivity contribution in [2.24, 2.45) is 7.05 Å². The summed E-state index contributed by atoms with van der Waals surface area (Å²) in [6, 6.07) is 11.3. The monoisotopic (exact) mass is 641 g/mol. The number of carbonyl (C=O) groups excluding carboxylic acids is 4. The average Bonchev–Trinajstić information content (AvgIpc) is 3.51. The van der Waals surface area contributed by atoms with Crippen molar-refractivity contribution in [1.29, 1.82) is 0 Å². The molecule has 13 nitrogen and oxygen atoms in total. The highest BCUT2D eigenvalue weighted by Crippen LogP contribution is 2.35. The molecular formula is C32H32ClN9O4. The van der Waals surface area contributed by atoms with Crippen LogP contribution in [0, 0.1) is 0 Å². The molecule has 236 valence electrons. The molecule has 0 bridgehead atoms. The summed E-state index contributed by atoms with van der Waals surface area (Å²) in [6.07, 6.45) is 3.53. The molecule has 1 unspecified atom stereocenters. The second kappa shape index (κ2) is 11.4. The highest BCUT2D eigenvalue weighted by molar-refractivity contribution is 6.33. The minimum absolute atomic E-state index is 0.0278. The SMILES string of the molecule is CN1C(=O)Cc2cc(Nc3nc(N(C)[C@H]4CCN(c5ccc6c(C7CCC(=O)NC7=O)nn(C)c6c5)C(=O)C4)ncc3Cl)ccc21. The van der Waals surface area contributed by atoms with Gasteiger partial charge in [0.15, 0.2) is 5.82 Å². The van der Waals surface area contributed by atoms with Crippen LogP contribution in [0.15, 0.2) is 42.6 Å². The standard InChI is InChI=1S/C32H32ClN9O4/c1-39(32-34-16-23(33)30(37-32)35-18-4-8-24-17(12-18)13-27(44)40(24)2)19-10-11-42(28(45)15-19)20-5-6-21-25(14-20)41(3)38-29(21)22-7-9-26(43)36-31(22)46/h4-6,8,12,14,16,19,22H,7,9-11,13,15H2,1-3H3,(H,34,35,37)(H,36,43,46)/t19-,22?/m0/s1. The van der Waals surface area contributed by atoms with Gasteiger partial charge in [-0.25, -0.2) is 4.98 Å². The van der Waals surface area contributed by atoms with Crippen molar-refractivity contribution >= 4 is 75.0 Å². The van der Waals surface area contributed by atoms with Gasteiger partial charge in [0.2, 0.25) is 29.6 Å². The fourth-order valence-corrected chi connectivity index (χ4v) is 6.68. The molecule has 2 fully saturated rings. The summed E-state index contributed by atoms with van der Waals surface area (Å²) in [6.45, 7) is 0.498. The van der Waals surface area contributed by atoms with E-state index in [1.54, 1.807) is 21.5 Å². The van der Waals surface area contributed by atoms with Gasteiger partial charge in [0, 0.05) is 69.0 Å². The maximum Gasteiger partial charge on any atom is 0.235 e. The minimum atomic E-state index is -0.493. The van der Waals surface area contributed by atoms with Crippen molar-refractivity contribution in [3.8, 4) is 0 Å². The summed E-state index contributed by atoms with van der Waals surface area (Å²) in [4.78, 5) is 64.2. The second-order valence-electron chi connectivity index (χ2n) is 12.0. The smallest absolute Gasteiger partial charge is 0.235 e. The predicted octanol–water partition coefficient (Wildman–Crippen LogP) is 3.43. The lowest BCUT2D eigenvalue weighted by atomic mass is 9.92. The molecule has 2 aromatic heterocycles. The fourth-order valence-electron chi connectivity index (χ4n) is 6.54. The van der Waals surface area contributed by atoms with E-state index < -0.39 is 5.92 Å². The van der Waals surface area contributed by atoms with Crippen LogP contribution in [0.5, 0.6) is 0 Å². The van der Waals surface area contributed by atoms with E-state index in [9.17, 15) is 19.2 Å². The van der Waals surface area contributed by atoms with E-state index in [0.29, 0.717) is 48.3 Å². The van der Waals surface area contributed by atoms with Gasteiger partial charge in [-0.3, -0.25) is 29.2 Å². The Morgan fingerprint density at radius 3 is 2.65 bits per heavy atom. The molecule has 4 aromatic rings. The molecule has 2 N–H and O–H groups in total. The van der Waals surface area contributed by atoms with Crippen LogP contribution in [0.4, 0.5) is 28.8 Å². The first-order valence-corrected chi connectivity index (χ1v) is 15.5. The molecule has 0 aliphatic carbocycles. The van der Waals surface area contributed by atoms with E-state index in [4.69, 9.17) is 11.6 Å². The van der Waals surface area contributed by atoms with E-state index in [2.05, 4.69) is 25.7 Å². The summed E-state index contributed by atoms with van der Waals surface area (Å²) in [5.74, 6) is -0.199. The molecule has 14 heteroatoms. The van der Waals surface area contributed by atoms with E-state index in [1.807, 2.05) is 55.4 Å². The normalized spacial score (nSPS) is 19.9. The summed E-state index contributed by atoms with van der Waals surface area (Å²) in [7, 11) is 5.44. The predicted molar refractivity (Wildman–Crippen MR) is 173 cm³/mol. The number of hydrogen-bond acceptors (Lipinski definition) is 9. The quantitative estimate of drug-likeness (QED) is 0.302. The molecule has 0 radical (unpaired) electrons. The molecule has 46 heavy (non-hydrogen) atoms. The molecular weight excluding hydrogens is 610 g/mol. The summed E-state index contributed by atoms with van der Waals surface area (Å²) >= 11 is 6.45. The number of amides is 4. The Bertz CT molecular complexity index is 1940. The zero-order valence-corrected chi connectivity index (χ0v) is 26.3. The van der Waals surface area contributed by atoms with E-state index in [-0.39, 0.29) is 42.5 Å². The molecule has 0 saturated carbocycles. The lowest BCUT2D eigenvalue weighted by molar-refractivity contribution is -0.134. The highest BCUT2D eigenvalue weighted by atomic mass is 35.5. The first-order valence-electron chi connectivity index (χ1n) is 15.1. The number of likely N-dealkylation sites (N-methyl/N-ethyl adjacent to an activating group) is 1. The Labute approximate surface area is 269 Å². The number of anilines is 5. The Hall–Kier alpha value is -5.04. The van der Waals surface area contributed by atoms with Crippen molar-refractivity contribution in [1.82, 2.24) is 25.1 Å². The number of nitrogens with one attached hydrogen (secondary N) is 2. The highest BCUT2D eigenvalue weighted by Gasteiger charge is 2.33. The number of aromatic nitrogens is 4. The van der Waals surface area contributed by atoms with Crippen molar-refractivity contribution in [2.75, 3.05) is 40.7 Å². The van der Waals surface area contributed by atoms with Crippen LogP contribution in [0.2, 0.25) is 5.02 Å². The number of aryl methyl sites for hydroxylation is 1. The zero-order chi connectivity index (χ0) is 32.3. The molecule has 2 atom stereocenters.